The minimum Gasteiger partial charge on any atom is -0.353 e. The summed E-state index contributed by atoms with van der Waals surface area (Å²) in [7, 11) is 0. The van der Waals surface area contributed by atoms with Gasteiger partial charge in [-0.15, -0.1) is 0 Å². The zero-order valence-electron chi connectivity index (χ0n) is 11.7. The van der Waals surface area contributed by atoms with E-state index in [1.165, 1.54) is 36.8 Å². The van der Waals surface area contributed by atoms with E-state index in [2.05, 4.69) is 36.5 Å². The highest BCUT2D eigenvalue weighted by Crippen LogP contribution is 2.19. The fourth-order valence-corrected chi connectivity index (χ4v) is 3.51. The van der Waals surface area contributed by atoms with E-state index in [1.807, 2.05) is 11.8 Å². The summed E-state index contributed by atoms with van der Waals surface area (Å²) in [5, 5.41) is 3.14. The summed E-state index contributed by atoms with van der Waals surface area (Å²) in [6.45, 7) is 2.14. The van der Waals surface area contributed by atoms with Crippen LogP contribution in [0.5, 0.6) is 0 Å². The van der Waals surface area contributed by atoms with Crippen LogP contribution < -0.4 is 5.32 Å². The van der Waals surface area contributed by atoms with Crippen LogP contribution in [0, 0.1) is 6.92 Å². The highest BCUT2D eigenvalue weighted by Gasteiger charge is 2.16. The Balaban J connectivity index is 1.61. The molecule has 0 heterocycles. The standard InChI is InChI=1S/C16H23NOS/c1-13-6-2-3-7-14(13)12-19-11-10-16(18)17-15-8-4-5-9-15/h2-3,6-7,15H,4-5,8-12H2,1H3,(H,17,18). The minimum atomic E-state index is 0.226. The molecule has 1 aromatic carbocycles. The second kappa shape index (κ2) is 7.59. The van der Waals surface area contributed by atoms with Crippen LogP contribution in [0.25, 0.3) is 0 Å². The number of hydrogen-bond donors (Lipinski definition) is 1. The quantitative estimate of drug-likeness (QED) is 0.804. The van der Waals surface area contributed by atoms with Gasteiger partial charge >= 0.3 is 0 Å². The molecule has 1 aromatic rings. The van der Waals surface area contributed by atoms with Gasteiger partial charge in [-0.25, -0.2) is 0 Å². The Kier molecular flexibility index (Phi) is 5.77. The molecule has 2 nitrogen and oxygen atoms in total. The number of carbonyl (C=O) groups is 1. The molecule has 0 unspecified atom stereocenters. The topological polar surface area (TPSA) is 29.1 Å². The summed E-state index contributed by atoms with van der Waals surface area (Å²) in [5.74, 6) is 2.14. The van der Waals surface area contributed by atoms with Gasteiger partial charge in [0.15, 0.2) is 0 Å². The van der Waals surface area contributed by atoms with E-state index < -0.39 is 0 Å². The van der Waals surface area contributed by atoms with Crippen molar-refractivity contribution in [3.8, 4) is 0 Å². The van der Waals surface area contributed by atoms with Crippen LogP contribution in [0.1, 0.15) is 43.2 Å². The van der Waals surface area contributed by atoms with Crippen molar-refractivity contribution < 1.29 is 4.79 Å². The van der Waals surface area contributed by atoms with Crippen molar-refractivity contribution in [3.63, 3.8) is 0 Å². The van der Waals surface area contributed by atoms with Crippen molar-refractivity contribution in [3.05, 3.63) is 35.4 Å². The third kappa shape index (κ3) is 4.90. The van der Waals surface area contributed by atoms with E-state index >= 15 is 0 Å². The van der Waals surface area contributed by atoms with Crippen LogP contribution in [-0.4, -0.2) is 17.7 Å². The van der Waals surface area contributed by atoms with Crippen LogP contribution in [0.3, 0.4) is 0 Å². The molecule has 1 amide bonds. The molecular formula is C16H23NOS. The fraction of sp³-hybridized carbons (Fsp3) is 0.562. The zero-order chi connectivity index (χ0) is 13.5. The average Bonchev–Trinajstić information content (AvgIpc) is 2.89. The van der Waals surface area contributed by atoms with Crippen LogP contribution in [-0.2, 0) is 10.5 Å². The van der Waals surface area contributed by atoms with Crippen LogP contribution in [0.4, 0.5) is 0 Å². The first-order chi connectivity index (χ1) is 9.25. The first kappa shape index (κ1) is 14.4. The van der Waals surface area contributed by atoms with E-state index in [9.17, 15) is 4.79 Å². The molecule has 0 atom stereocenters. The molecule has 1 aliphatic carbocycles. The Morgan fingerprint density at radius 3 is 2.79 bits per heavy atom. The molecular weight excluding hydrogens is 254 g/mol. The summed E-state index contributed by atoms with van der Waals surface area (Å²) in [6, 6.07) is 8.91. The highest BCUT2D eigenvalue weighted by atomic mass is 32.2. The van der Waals surface area contributed by atoms with Crippen LogP contribution >= 0.6 is 11.8 Å². The number of benzene rings is 1. The number of nitrogens with one attached hydrogen (secondary N) is 1. The second-order valence-corrected chi connectivity index (χ2v) is 6.38. The minimum absolute atomic E-state index is 0.226. The molecule has 1 aliphatic rings. The molecule has 3 heteroatoms. The van der Waals surface area contributed by atoms with Crippen molar-refractivity contribution in [2.75, 3.05) is 5.75 Å². The summed E-state index contributed by atoms with van der Waals surface area (Å²) >= 11 is 1.85. The predicted molar refractivity (Wildman–Crippen MR) is 82.4 cm³/mol. The molecule has 0 radical (unpaired) electrons. The normalized spacial score (nSPS) is 15.6. The lowest BCUT2D eigenvalue weighted by atomic mass is 10.1. The highest BCUT2D eigenvalue weighted by molar-refractivity contribution is 7.98. The lowest BCUT2D eigenvalue weighted by Gasteiger charge is -2.11. The van der Waals surface area contributed by atoms with Crippen molar-refractivity contribution in [1.29, 1.82) is 0 Å². The molecule has 19 heavy (non-hydrogen) atoms. The summed E-state index contributed by atoms with van der Waals surface area (Å²) in [5.41, 5.74) is 2.72. The largest absolute Gasteiger partial charge is 0.353 e. The smallest absolute Gasteiger partial charge is 0.221 e. The Labute approximate surface area is 120 Å². The van der Waals surface area contributed by atoms with Gasteiger partial charge in [0.1, 0.15) is 0 Å². The molecule has 0 aliphatic heterocycles. The van der Waals surface area contributed by atoms with Gasteiger partial charge < -0.3 is 5.32 Å². The van der Waals surface area contributed by atoms with Gasteiger partial charge in [-0.1, -0.05) is 37.1 Å². The molecule has 2 rings (SSSR count). The monoisotopic (exact) mass is 277 g/mol. The molecule has 1 N–H and O–H groups in total. The second-order valence-electron chi connectivity index (χ2n) is 5.28. The van der Waals surface area contributed by atoms with Gasteiger partial charge in [-0.2, -0.15) is 11.8 Å². The predicted octanol–water partition coefficient (Wildman–Crippen LogP) is 3.68. The third-order valence-corrected chi connectivity index (χ3v) is 4.72. The van der Waals surface area contributed by atoms with Crippen LogP contribution in [0.15, 0.2) is 24.3 Å². The Bertz CT molecular complexity index is 413. The Hall–Kier alpha value is -0.960. The third-order valence-electron chi connectivity index (χ3n) is 3.71. The Morgan fingerprint density at radius 1 is 1.32 bits per heavy atom. The number of rotatable bonds is 6. The maximum absolute atomic E-state index is 11.8. The van der Waals surface area contributed by atoms with Gasteiger partial charge in [0.2, 0.25) is 5.91 Å². The summed E-state index contributed by atoms with van der Waals surface area (Å²) in [4.78, 5) is 11.8. The van der Waals surface area contributed by atoms with Crippen molar-refractivity contribution in [2.24, 2.45) is 0 Å². The first-order valence-electron chi connectivity index (χ1n) is 7.17. The van der Waals surface area contributed by atoms with Gasteiger partial charge in [-0.05, 0) is 30.9 Å². The van der Waals surface area contributed by atoms with Gasteiger partial charge in [0.05, 0.1) is 0 Å². The lowest BCUT2D eigenvalue weighted by molar-refractivity contribution is -0.121. The number of aryl methyl sites for hydroxylation is 1. The van der Waals surface area contributed by atoms with Gasteiger partial charge in [0.25, 0.3) is 0 Å². The number of amides is 1. The first-order valence-corrected chi connectivity index (χ1v) is 8.33. The lowest BCUT2D eigenvalue weighted by Crippen LogP contribution is -2.32. The summed E-state index contributed by atoms with van der Waals surface area (Å²) in [6.07, 6.45) is 5.52. The number of thioether (sulfide) groups is 1. The molecule has 0 bridgehead atoms. The number of carbonyl (C=O) groups excluding carboxylic acids is 1. The molecule has 0 aromatic heterocycles. The summed E-state index contributed by atoms with van der Waals surface area (Å²) < 4.78 is 0. The maximum Gasteiger partial charge on any atom is 0.221 e. The van der Waals surface area contributed by atoms with E-state index in [0.717, 1.165) is 11.5 Å². The van der Waals surface area contributed by atoms with Crippen molar-refractivity contribution >= 4 is 17.7 Å². The molecule has 104 valence electrons. The molecule has 1 saturated carbocycles. The van der Waals surface area contributed by atoms with Gasteiger partial charge in [-0.3, -0.25) is 4.79 Å². The van der Waals surface area contributed by atoms with Gasteiger partial charge in [0, 0.05) is 24.0 Å². The van der Waals surface area contributed by atoms with Crippen LogP contribution in [0.2, 0.25) is 0 Å². The SMILES string of the molecule is Cc1ccccc1CSCCC(=O)NC1CCCC1. The maximum atomic E-state index is 11.8. The van der Waals surface area contributed by atoms with Crippen molar-refractivity contribution in [2.45, 2.75) is 50.8 Å². The van der Waals surface area contributed by atoms with E-state index in [1.54, 1.807) is 0 Å². The van der Waals surface area contributed by atoms with E-state index in [0.29, 0.717) is 12.5 Å². The van der Waals surface area contributed by atoms with E-state index in [4.69, 9.17) is 0 Å². The number of hydrogen-bond acceptors (Lipinski definition) is 2. The average molecular weight is 277 g/mol. The van der Waals surface area contributed by atoms with E-state index in [-0.39, 0.29) is 5.91 Å². The molecule has 1 fully saturated rings. The fourth-order valence-electron chi connectivity index (χ4n) is 2.49. The molecule has 0 saturated heterocycles. The molecule has 0 spiro atoms. The zero-order valence-corrected chi connectivity index (χ0v) is 12.5. The Morgan fingerprint density at radius 2 is 2.05 bits per heavy atom. The van der Waals surface area contributed by atoms with Crippen molar-refractivity contribution in [1.82, 2.24) is 5.32 Å².